The highest BCUT2D eigenvalue weighted by Crippen LogP contribution is 2.31. The Balaban J connectivity index is 2.11. The third kappa shape index (κ3) is 3.31. The summed E-state index contributed by atoms with van der Waals surface area (Å²) < 4.78 is 26.1. The van der Waals surface area contributed by atoms with Crippen molar-refractivity contribution in [1.82, 2.24) is 0 Å². The molecule has 2 unspecified atom stereocenters. The van der Waals surface area contributed by atoms with Crippen LogP contribution in [0.25, 0.3) is 0 Å². The standard InChI is InChI=1S/C14H15F2NO3/c15-8-5-9(16)7-10(6-8)17-13(18)11-3-1-2-4-12(11)14(19)20/h5-7,11-12H,1-4H2,(H,17,18)(H,19,20). The molecule has 1 aliphatic carbocycles. The summed E-state index contributed by atoms with van der Waals surface area (Å²) in [6.45, 7) is 0. The van der Waals surface area contributed by atoms with E-state index in [9.17, 15) is 18.4 Å². The fourth-order valence-corrected chi connectivity index (χ4v) is 2.60. The summed E-state index contributed by atoms with van der Waals surface area (Å²) in [6.07, 6.45) is 2.47. The van der Waals surface area contributed by atoms with E-state index in [-0.39, 0.29) is 5.69 Å². The number of carbonyl (C=O) groups excluding carboxylic acids is 1. The average Bonchev–Trinajstić information content (AvgIpc) is 2.37. The van der Waals surface area contributed by atoms with E-state index in [1.807, 2.05) is 0 Å². The monoisotopic (exact) mass is 283 g/mol. The second kappa shape index (κ2) is 5.98. The van der Waals surface area contributed by atoms with Gasteiger partial charge in [0.1, 0.15) is 11.6 Å². The molecule has 2 rings (SSSR count). The Morgan fingerprint density at radius 3 is 2.15 bits per heavy atom. The van der Waals surface area contributed by atoms with Crippen LogP contribution in [0.1, 0.15) is 25.7 Å². The first kappa shape index (κ1) is 14.4. The first-order chi connectivity index (χ1) is 9.47. The molecule has 20 heavy (non-hydrogen) atoms. The van der Waals surface area contributed by atoms with E-state index in [4.69, 9.17) is 5.11 Å². The van der Waals surface area contributed by atoms with Crippen LogP contribution in [-0.2, 0) is 9.59 Å². The molecule has 0 heterocycles. The number of carbonyl (C=O) groups is 2. The molecule has 0 aliphatic heterocycles. The maximum atomic E-state index is 13.0. The molecule has 4 nitrogen and oxygen atoms in total. The van der Waals surface area contributed by atoms with Crippen LogP contribution in [0.3, 0.4) is 0 Å². The highest BCUT2D eigenvalue weighted by molar-refractivity contribution is 5.95. The van der Waals surface area contributed by atoms with Gasteiger partial charge in [0.25, 0.3) is 0 Å². The topological polar surface area (TPSA) is 66.4 Å². The van der Waals surface area contributed by atoms with Crippen molar-refractivity contribution in [3.63, 3.8) is 0 Å². The molecule has 1 aromatic rings. The minimum absolute atomic E-state index is 0.00205. The molecule has 1 fully saturated rings. The van der Waals surface area contributed by atoms with Crippen LogP contribution in [0.4, 0.5) is 14.5 Å². The molecule has 2 N–H and O–H groups in total. The van der Waals surface area contributed by atoms with Crippen molar-refractivity contribution in [2.24, 2.45) is 11.8 Å². The summed E-state index contributed by atoms with van der Waals surface area (Å²) in [4.78, 5) is 23.2. The van der Waals surface area contributed by atoms with Gasteiger partial charge in [0.05, 0.1) is 11.8 Å². The minimum Gasteiger partial charge on any atom is -0.481 e. The average molecular weight is 283 g/mol. The van der Waals surface area contributed by atoms with Crippen LogP contribution in [-0.4, -0.2) is 17.0 Å². The van der Waals surface area contributed by atoms with Crippen molar-refractivity contribution in [1.29, 1.82) is 0 Å². The van der Waals surface area contributed by atoms with Gasteiger partial charge in [-0.05, 0) is 25.0 Å². The van der Waals surface area contributed by atoms with Gasteiger partial charge in [0.2, 0.25) is 5.91 Å². The molecule has 1 aliphatic rings. The van der Waals surface area contributed by atoms with Crippen molar-refractivity contribution in [2.45, 2.75) is 25.7 Å². The number of hydrogen-bond donors (Lipinski definition) is 2. The highest BCUT2D eigenvalue weighted by Gasteiger charge is 2.35. The van der Waals surface area contributed by atoms with Gasteiger partial charge in [-0.25, -0.2) is 8.78 Å². The Labute approximate surface area is 114 Å². The third-order valence-corrected chi connectivity index (χ3v) is 3.55. The molecule has 1 saturated carbocycles. The lowest BCUT2D eigenvalue weighted by Gasteiger charge is -2.27. The van der Waals surface area contributed by atoms with Crippen molar-refractivity contribution in [3.05, 3.63) is 29.8 Å². The summed E-state index contributed by atoms with van der Waals surface area (Å²) >= 11 is 0. The SMILES string of the molecule is O=C(O)C1CCCCC1C(=O)Nc1cc(F)cc(F)c1. The fourth-order valence-electron chi connectivity index (χ4n) is 2.60. The normalized spacial score (nSPS) is 22.3. The van der Waals surface area contributed by atoms with Crippen LogP contribution in [0.15, 0.2) is 18.2 Å². The zero-order valence-corrected chi connectivity index (χ0v) is 10.7. The number of halogens is 2. The van der Waals surface area contributed by atoms with Gasteiger partial charge in [-0.15, -0.1) is 0 Å². The lowest BCUT2D eigenvalue weighted by atomic mass is 9.78. The Bertz CT molecular complexity index is 513. The molecule has 1 aromatic carbocycles. The smallest absolute Gasteiger partial charge is 0.307 e. The van der Waals surface area contributed by atoms with E-state index in [1.165, 1.54) is 0 Å². The quantitative estimate of drug-likeness (QED) is 0.896. The lowest BCUT2D eigenvalue weighted by molar-refractivity contribution is -0.147. The Hall–Kier alpha value is -1.98. The van der Waals surface area contributed by atoms with E-state index < -0.39 is 35.3 Å². The van der Waals surface area contributed by atoms with Crippen LogP contribution in [0, 0.1) is 23.5 Å². The summed E-state index contributed by atoms with van der Waals surface area (Å²) in [5, 5.41) is 11.5. The maximum Gasteiger partial charge on any atom is 0.307 e. The largest absolute Gasteiger partial charge is 0.481 e. The first-order valence-corrected chi connectivity index (χ1v) is 6.47. The Kier molecular flexibility index (Phi) is 4.32. The molecular weight excluding hydrogens is 268 g/mol. The molecule has 0 saturated heterocycles. The number of aliphatic carboxylic acids is 1. The van der Waals surface area contributed by atoms with E-state index in [1.54, 1.807) is 0 Å². The van der Waals surface area contributed by atoms with E-state index in [2.05, 4.69) is 5.32 Å². The second-order valence-corrected chi connectivity index (χ2v) is 4.98. The predicted molar refractivity (Wildman–Crippen MR) is 68.1 cm³/mol. The number of rotatable bonds is 3. The number of anilines is 1. The minimum atomic E-state index is -1.00. The van der Waals surface area contributed by atoms with Gasteiger partial charge in [-0.2, -0.15) is 0 Å². The molecule has 108 valence electrons. The number of amides is 1. The number of hydrogen-bond acceptors (Lipinski definition) is 2. The van der Waals surface area contributed by atoms with E-state index >= 15 is 0 Å². The van der Waals surface area contributed by atoms with E-state index in [0.29, 0.717) is 18.9 Å². The Morgan fingerprint density at radius 1 is 1.05 bits per heavy atom. The predicted octanol–water partition coefficient (Wildman–Crippen LogP) is 2.79. The summed E-state index contributed by atoms with van der Waals surface area (Å²) in [7, 11) is 0. The van der Waals surface area contributed by atoms with Crippen molar-refractivity contribution >= 4 is 17.6 Å². The van der Waals surface area contributed by atoms with Gasteiger partial charge in [-0.1, -0.05) is 12.8 Å². The van der Waals surface area contributed by atoms with Crippen molar-refractivity contribution < 1.29 is 23.5 Å². The van der Waals surface area contributed by atoms with E-state index in [0.717, 1.165) is 25.0 Å². The fraction of sp³-hybridized carbons (Fsp3) is 0.429. The number of nitrogens with one attached hydrogen (secondary N) is 1. The van der Waals surface area contributed by atoms with Gasteiger partial charge < -0.3 is 10.4 Å². The summed E-state index contributed by atoms with van der Waals surface area (Å²) in [5.74, 6) is -4.48. The van der Waals surface area contributed by atoms with Crippen LogP contribution >= 0.6 is 0 Å². The molecule has 0 aromatic heterocycles. The number of carboxylic acid groups (broad SMARTS) is 1. The molecule has 0 spiro atoms. The molecule has 0 radical (unpaired) electrons. The van der Waals surface area contributed by atoms with Crippen LogP contribution < -0.4 is 5.32 Å². The third-order valence-electron chi connectivity index (χ3n) is 3.55. The number of benzene rings is 1. The first-order valence-electron chi connectivity index (χ1n) is 6.47. The van der Waals surface area contributed by atoms with Crippen LogP contribution in [0.5, 0.6) is 0 Å². The Morgan fingerprint density at radius 2 is 1.60 bits per heavy atom. The van der Waals surface area contributed by atoms with Crippen LogP contribution in [0.2, 0.25) is 0 Å². The zero-order valence-electron chi connectivity index (χ0n) is 10.7. The van der Waals surface area contributed by atoms with Gasteiger partial charge in [0, 0.05) is 11.8 Å². The molecule has 6 heteroatoms. The second-order valence-electron chi connectivity index (χ2n) is 4.98. The molecule has 0 bridgehead atoms. The lowest BCUT2D eigenvalue weighted by Crippen LogP contribution is -2.36. The van der Waals surface area contributed by atoms with Crippen molar-refractivity contribution in [2.75, 3.05) is 5.32 Å². The zero-order chi connectivity index (χ0) is 14.7. The summed E-state index contributed by atoms with van der Waals surface area (Å²) in [6, 6.07) is 2.70. The number of carboxylic acids is 1. The molecule has 1 amide bonds. The van der Waals surface area contributed by atoms with Gasteiger partial charge >= 0.3 is 5.97 Å². The van der Waals surface area contributed by atoms with Gasteiger partial charge in [0.15, 0.2) is 0 Å². The van der Waals surface area contributed by atoms with Gasteiger partial charge in [-0.3, -0.25) is 9.59 Å². The maximum absolute atomic E-state index is 13.0. The molecular formula is C14H15F2NO3. The molecule has 2 atom stereocenters. The highest BCUT2D eigenvalue weighted by atomic mass is 19.1. The van der Waals surface area contributed by atoms with Crippen molar-refractivity contribution in [3.8, 4) is 0 Å². The summed E-state index contributed by atoms with van der Waals surface area (Å²) in [5.41, 5.74) is 0.00205.